The number of thiophene rings is 1. The molecule has 0 saturated carbocycles. The van der Waals surface area contributed by atoms with E-state index in [0.717, 1.165) is 48.4 Å². The first-order chi connectivity index (χ1) is 17.0. The van der Waals surface area contributed by atoms with Crippen LogP contribution in [0.3, 0.4) is 0 Å². The summed E-state index contributed by atoms with van der Waals surface area (Å²) in [5.41, 5.74) is 2.42. The highest BCUT2D eigenvalue weighted by Gasteiger charge is 2.23. The molecule has 0 unspecified atom stereocenters. The van der Waals surface area contributed by atoms with E-state index in [1.165, 1.54) is 11.3 Å². The number of carbonyl (C=O) groups is 2. The Labute approximate surface area is 209 Å². The van der Waals surface area contributed by atoms with E-state index < -0.39 is 0 Å². The van der Waals surface area contributed by atoms with Gasteiger partial charge in [-0.15, -0.1) is 11.3 Å². The van der Waals surface area contributed by atoms with Gasteiger partial charge in [-0.2, -0.15) is 0 Å². The molecule has 1 aliphatic heterocycles. The minimum absolute atomic E-state index is 0.0562. The molecule has 0 bridgehead atoms. The summed E-state index contributed by atoms with van der Waals surface area (Å²) in [6.45, 7) is 3.30. The van der Waals surface area contributed by atoms with Crippen molar-refractivity contribution < 1.29 is 23.8 Å². The van der Waals surface area contributed by atoms with Crippen LogP contribution in [-0.2, 0) is 4.79 Å². The number of hydrogen-bond acceptors (Lipinski definition) is 6. The highest BCUT2D eigenvalue weighted by Crippen LogP contribution is 2.38. The maximum atomic E-state index is 13.4. The molecule has 1 N–H and O–H groups in total. The van der Waals surface area contributed by atoms with Crippen LogP contribution in [0.1, 0.15) is 34.5 Å². The molecule has 1 fully saturated rings. The summed E-state index contributed by atoms with van der Waals surface area (Å²) in [5, 5.41) is 2.97. The summed E-state index contributed by atoms with van der Waals surface area (Å²) in [4.78, 5) is 29.2. The van der Waals surface area contributed by atoms with Gasteiger partial charge in [0.25, 0.3) is 11.8 Å². The van der Waals surface area contributed by atoms with E-state index in [9.17, 15) is 9.59 Å². The minimum atomic E-state index is -0.312. The van der Waals surface area contributed by atoms with Crippen LogP contribution < -0.4 is 19.5 Å². The summed E-state index contributed by atoms with van der Waals surface area (Å²) in [6, 6.07) is 15.2. The average molecular weight is 495 g/mol. The fourth-order valence-electron chi connectivity index (χ4n) is 4.05. The third-order valence-electron chi connectivity index (χ3n) is 6.00. The van der Waals surface area contributed by atoms with E-state index in [1.807, 2.05) is 54.3 Å². The minimum Gasteiger partial charge on any atom is -0.493 e. The molecule has 0 atom stereocenters. The second kappa shape index (κ2) is 11.3. The standard InChI is InChI=1S/C27H30N2O5S/c1-18-14-21(32-2)22(33-3)15-20(18)28-27(31)26-23(16-24(35-26)19-10-6-4-7-11-19)34-17-25(30)29-12-8-5-9-13-29/h4,6-7,10-11,14-16H,5,8-9,12-13,17H2,1-3H3,(H,28,31). The van der Waals surface area contributed by atoms with Gasteiger partial charge in [-0.1, -0.05) is 30.3 Å². The third-order valence-corrected chi connectivity index (χ3v) is 7.17. The van der Waals surface area contributed by atoms with Crippen LogP contribution in [-0.4, -0.2) is 50.6 Å². The Hall–Kier alpha value is -3.52. The molecule has 1 aromatic heterocycles. The molecule has 35 heavy (non-hydrogen) atoms. The number of carbonyl (C=O) groups excluding carboxylic acids is 2. The van der Waals surface area contributed by atoms with E-state index in [4.69, 9.17) is 14.2 Å². The Bertz CT molecular complexity index is 1190. The molecule has 2 amide bonds. The molecule has 4 rings (SSSR count). The number of methoxy groups -OCH3 is 2. The van der Waals surface area contributed by atoms with Crippen LogP contribution in [0.2, 0.25) is 0 Å². The van der Waals surface area contributed by atoms with E-state index in [1.54, 1.807) is 20.3 Å². The first kappa shape index (κ1) is 24.6. The van der Waals surface area contributed by atoms with E-state index in [-0.39, 0.29) is 18.4 Å². The van der Waals surface area contributed by atoms with Crippen molar-refractivity contribution in [3.05, 3.63) is 59.0 Å². The average Bonchev–Trinajstić information content (AvgIpc) is 3.33. The Morgan fingerprint density at radius 3 is 2.31 bits per heavy atom. The number of rotatable bonds is 8. The normalized spacial score (nSPS) is 13.3. The number of anilines is 1. The number of nitrogens with one attached hydrogen (secondary N) is 1. The topological polar surface area (TPSA) is 77.1 Å². The van der Waals surface area contributed by atoms with Gasteiger partial charge < -0.3 is 24.4 Å². The van der Waals surface area contributed by atoms with Gasteiger partial charge in [0, 0.05) is 29.7 Å². The molecule has 0 radical (unpaired) electrons. The Morgan fingerprint density at radius 2 is 1.63 bits per heavy atom. The van der Waals surface area contributed by atoms with E-state index in [2.05, 4.69) is 5.32 Å². The fraction of sp³-hybridized carbons (Fsp3) is 0.333. The molecular formula is C27H30N2O5S. The SMILES string of the molecule is COc1cc(C)c(NC(=O)c2sc(-c3ccccc3)cc2OCC(=O)N2CCCCC2)cc1OC. The molecular weight excluding hydrogens is 464 g/mol. The Balaban J connectivity index is 1.59. The number of piperidine rings is 1. The lowest BCUT2D eigenvalue weighted by atomic mass is 10.1. The smallest absolute Gasteiger partial charge is 0.269 e. The van der Waals surface area contributed by atoms with Gasteiger partial charge in [-0.25, -0.2) is 0 Å². The first-order valence-corrected chi connectivity index (χ1v) is 12.5. The van der Waals surface area contributed by atoms with Gasteiger partial charge in [0.1, 0.15) is 10.6 Å². The molecule has 2 heterocycles. The van der Waals surface area contributed by atoms with Gasteiger partial charge in [-0.3, -0.25) is 9.59 Å². The number of likely N-dealkylation sites (tertiary alicyclic amines) is 1. The van der Waals surface area contributed by atoms with Crippen molar-refractivity contribution >= 4 is 28.8 Å². The molecule has 1 saturated heterocycles. The van der Waals surface area contributed by atoms with Gasteiger partial charge in [0.2, 0.25) is 0 Å². The van der Waals surface area contributed by atoms with E-state index in [0.29, 0.717) is 27.8 Å². The number of hydrogen-bond donors (Lipinski definition) is 1. The van der Waals surface area contributed by atoms with Gasteiger partial charge >= 0.3 is 0 Å². The lowest BCUT2D eigenvalue weighted by molar-refractivity contribution is -0.134. The second-order valence-corrected chi connectivity index (χ2v) is 9.43. The van der Waals surface area contributed by atoms with Crippen LogP contribution in [0.4, 0.5) is 5.69 Å². The number of amides is 2. The van der Waals surface area contributed by atoms with Crippen molar-refractivity contribution in [2.24, 2.45) is 0 Å². The highest BCUT2D eigenvalue weighted by atomic mass is 32.1. The monoisotopic (exact) mass is 494 g/mol. The molecule has 2 aromatic carbocycles. The Morgan fingerprint density at radius 1 is 0.943 bits per heavy atom. The summed E-state index contributed by atoms with van der Waals surface area (Å²) < 4.78 is 16.7. The molecule has 184 valence electrons. The van der Waals surface area contributed by atoms with Crippen LogP contribution >= 0.6 is 11.3 Å². The maximum Gasteiger partial charge on any atom is 0.269 e. The molecule has 7 nitrogen and oxygen atoms in total. The predicted molar refractivity (Wildman–Crippen MR) is 138 cm³/mol. The Kier molecular flexibility index (Phi) is 7.92. The molecule has 0 spiro atoms. The zero-order valence-electron chi connectivity index (χ0n) is 20.3. The zero-order chi connectivity index (χ0) is 24.8. The van der Waals surface area contributed by atoms with Gasteiger partial charge in [0.15, 0.2) is 18.1 Å². The van der Waals surface area contributed by atoms with Crippen molar-refractivity contribution in [1.29, 1.82) is 0 Å². The number of nitrogens with zero attached hydrogens (tertiary/aromatic N) is 1. The molecule has 3 aromatic rings. The zero-order valence-corrected chi connectivity index (χ0v) is 21.1. The summed E-state index contributed by atoms with van der Waals surface area (Å²) in [5.74, 6) is 1.14. The highest BCUT2D eigenvalue weighted by molar-refractivity contribution is 7.17. The fourth-order valence-corrected chi connectivity index (χ4v) is 5.05. The van der Waals surface area contributed by atoms with Crippen molar-refractivity contribution in [3.8, 4) is 27.7 Å². The number of aryl methyl sites for hydroxylation is 1. The largest absolute Gasteiger partial charge is 0.493 e. The van der Waals surface area contributed by atoms with Crippen LogP contribution in [0.5, 0.6) is 17.2 Å². The van der Waals surface area contributed by atoms with Crippen LogP contribution in [0, 0.1) is 6.92 Å². The van der Waals surface area contributed by atoms with Crippen molar-refractivity contribution in [2.45, 2.75) is 26.2 Å². The van der Waals surface area contributed by atoms with Gasteiger partial charge in [0.05, 0.1) is 14.2 Å². The molecule has 8 heteroatoms. The van der Waals surface area contributed by atoms with Crippen LogP contribution in [0.25, 0.3) is 10.4 Å². The summed E-state index contributed by atoms with van der Waals surface area (Å²) >= 11 is 1.33. The molecule has 0 aliphatic carbocycles. The van der Waals surface area contributed by atoms with E-state index >= 15 is 0 Å². The second-order valence-electron chi connectivity index (χ2n) is 8.38. The quantitative estimate of drug-likeness (QED) is 0.455. The van der Waals surface area contributed by atoms with Crippen LogP contribution in [0.15, 0.2) is 48.5 Å². The van der Waals surface area contributed by atoms with Gasteiger partial charge in [-0.05, 0) is 49.4 Å². The summed E-state index contributed by atoms with van der Waals surface area (Å²) in [7, 11) is 3.12. The van der Waals surface area contributed by atoms with Crippen molar-refractivity contribution in [2.75, 3.05) is 39.2 Å². The predicted octanol–water partition coefficient (Wildman–Crippen LogP) is 5.38. The molecule has 1 aliphatic rings. The lowest BCUT2D eigenvalue weighted by Gasteiger charge is -2.26. The maximum absolute atomic E-state index is 13.4. The van der Waals surface area contributed by atoms with Crippen molar-refractivity contribution in [3.63, 3.8) is 0 Å². The number of ether oxygens (including phenoxy) is 3. The first-order valence-electron chi connectivity index (χ1n) is 11.6. The lowest BCUT2D eigenvalue weighted by Crippen LogP contribution is -2.38. The van der Waals surface area contributed by atoms with Crippen molar-refractivity contribution in [1.82, 2.24) is 4.90 Å². The third kappa shape index (κ3) is 5.77. The number of benzene rings is 2. The summed E-state index contributed by atoms with van der Waals surface area (Å²) in [6.07, 6.45) is 3.18.